The van der Waals surface area contributed by atoms with Crippen LogP contribution in [0.3, 0.4) is 0 Å². The second-order valence-corrected chi connectivity index (χ2v) is 3.75. The highest BCUT2D eigenvalue weighted by molar-refractivity contribution is 7.99. The lowest BCUT2D eigenvalue weighted by atomic mass is 10.7. The molecular formula is C7H4ClN5OS. The van der Waals surface area contributed by atoms with Crippen LogP contribution in [0, 0.1) is 0 Å². The van der Waals surface area contributed by atoms with Gasteiger partial charge >= 0.3 is 0 Å². The van der Waals surface area contributed by atoms with Crippen LogP contribution in [0.2, 0.25) is 5.28 Å². The summed E-state index contributed by atoms with van der Waals surface area (Å²) in [6, 6.07) is 1.33. The van der Waals surface area contributed by atoms with E-state index in [-0.39, 0.29) is 10.8 Å². The minimum Gasteiger partial charge on any atom is -0.301 e. The summed E-state index contributed by atoms with van der Waals surface area (Å²) >= 11 is 6.70. The third-order valence-corrected chi connectivity index (χ3v) is 2.33. The summed E-state index contributed by atoms with van der Waals surface area (Å²) < 4.78 is 0. The average molecular weight is 242 g/mol. The maximum Gasteiger partial charge on any atom is 0.251 e. The number of nitrogens with zero attached hydrogens (tertiary/aromatic N) is 4. The fourth-order valence-corrected chi connectivity index (χ4v) is 1.70. The third-order valence-electron chi connectivity index (χ3n) is 1.36. The molecule has 0 aromatic carbocycles. The fraction of sp³-hybridized carbons (Fsp3) is 0. The normalized spacial score (nSPS) is 10.2. The van der Waals surface area contributed by atoms with E-state index in [1.54, 1.807) is 0 Å². The van der Waals surface area contributed by atoms with Crippen molar-refractivity contribution < 1.29 is 0 Å². The van der Waals surface area contributed by atoms with Crippen LogP contribution in [-0.2, 0) is 0 Å². The number of rotatable bonds is 2. The maximum atomic E-state index is 11.0. The Bertz CT molecular complexity index is 531. The van der Waals surface area contributed by atoms with Crippen molar-refractivity contribution in [3.8, 4) is 0 Å². The topological polar surface area (TPSA) is 84.4 Å². The molecule has 0 spiro atoms. The summed E-state index contributed by atoms with van der Waals surface area (Å²) in [4.78, 5) is 21.3. The number of H-pyrrole nitrogens is 1. The number of hydrogen-bond donors (Lipinski definition) is 1. The van der Waals surface area contributed by atoms with Crippen LogP contribution in [0.15, 0.2) is 33.4 Å². The molecule has 6 nitrogen and oxygen atoms in total. The Morgan fingerprint density at radius 2 is 2.33 bits per heavy atom. The standard InChI is InChI=1S/C7H4ClN5OS/c8-6-12-5(3-10-13-6)15-7-9-2-1-4(14)11-7/h1-3H,(H,9,11,14). The van der Waals surface area contributed by atoms with Gasteiger partial charge in [-0.2, -0.15) is 5.10 Å². The lowest BCUT2D eigenvalue weighted by molar-refractivity contribution is 0.889. The van der Waals surface area contributed by atoms with Crippen molar-refractivity contribution in [2.75, 3.05) is 0 Å². The molecule has 2 aromatic heterocycles. The van der Waals surface area contributed by atoms with Gasteiger partial charge < -0.3 is 4.98 Å². The molecule has 76 valence electrons. The van der Waals surface area contributed by atoms with Crippen molar-refractivity contribution in [3.63, 3.8) is 0 Å². The minimum atomic E-state index is -0.222. The first-order valence-corrected chi connectivity index (χ1v) is 5.02. The molecule has 0 aliphatic rings. The van der Waals surface area contributed by atoms with E-state index >= 15 is 0 Å². The van der Waals surface area contributed by atoms with Crippen LogP contribution >= 0.6 is 23.4 Å². The van der Waals surface area contributed by atoms with Crippen molar-refractivity contribution in [1.82, 2.24) is 25.1 Å². The molecule has 0 aliphatic carbocycles. The molecule has 0 saturated carbocycles. The first-order chi connectivity index (χ1) is 7.24. The van der Waals surface area contributed by atoms with Gasteiger partial charge in [0.1, 0.15) is 5.03 Å². The lowest BCUT2D eigenvalue weighted by Gasteiger charge is -1.97. The van der Waals surface area contributed by atoms with E-state index in [4.69, 9.17) is 11.6 Å². The Morgan fingerprint density at radius 1 is 1.47 bits per heavy atom. The van der Waals surface area contributed by atoms with Crippen molar-refractivity contribution >= 4 is 23.4 Å². The van der Waals surface area contributed by atoms with Crippen LogP contribution in [0.1, 0.15) is 0 Å². The number of nitrogens with one attached hydrogen (secondary N) is 1. The number of halogens is 1. The van der Waals surface area contributed by atoms with E-state index in [2.05, 4.69) is 25.1 Å². The van der Waals surface area contributed by atoms with Crippen LogP contribution < -0.4 is 5.56 Å². The van der Waals surface area contributed by atoms with Crippen molar-refractivity contribution in [2.45, 2.75) is 10.2 Å². The van der Waals surface area contributed by atoms with Gasteiger partial charge in [0.25, 0.3) is 5.56 Å². The van der Waals surface area contributed by atoms with Crippen LogP contribution in [0.25, 0.3) is 0 Å². The molecule has 0 radical (unpaired) electrons. The second-order valence-electron chi connectivity index (χ2n) is 2.40. The Morgan fingerprint density at radius 3 is 3.07 bits per heavy atom. The molecule has 0 aliphatic heterocycles. The highest BCUT2D eigenvalue weighted by atomic mass is 35.5. The Labute approximate surface area is 93.1 Å². The van der Waals surface area contributed by atoms with Gasteiger partial charge in [0.2, 0.25) is 5.28 Å². The van der Waals surface area contributed by atoms with Crippen LogP contribution in [-0.4, -0.2) is 25.1 Å². The van der Waals surface area contributed by atoms with Crippen LogP contribution in [0.4, 0.5) is 0 Å². The summed E-state index contributed by atoms with van der Waals surface area (Å²) in [5.41, 5.74) is -0.222. The SMILES string of the molecule is O=c1ccnc(Sc2cnnc(Cl)n2)[nH]1. The minimum absolute atomic E-state index is 0.0540. The van der Waals surface area contributed by atoms with Gasteiger partial charge in [0, 0.05) is 12.3 Å². The zero-order valence-corrected chi connectivity index (χ0v) is 8.79. The Hall–Kier alpha value is -1.47. The molecule has 0 bridgehead atoms. The Kier molecular flexibility index (Phi) is 2.93. The predicted molar refractivity (Wildman–Crippen MR) is 53.8 cm³/mol. The Balaban J connectivity index is 2.26. The van der Waals surface area contributed by atoms with E-state index in [0.717, 1.165) is 11.8 Å². The highest BCUT2D eigenvalue weighted by Crippen LogP contribution is 2.20. The van der Waals surface area contributed by atoms with Crippen LogP contribution in [0.5, 0.6) is 0 Å². The van der Waals surface area contributed by atoms with E-state index in [9.17, 15) is 4.79 Å². The quantitative estimate of drug-likeness (QED) is 0.782. The van der Waals surface area contributed by atoms with Gasteiger partial charge in [0.05, 0.1) is 6.20 Å². The monoisotopic (exact) mass is 241 g/mol. The van der Waals surface area contributed by atoms with Gasteiger partial charge in [-0.3, -0.25) is 4.79 Å². The average Bonchev–Trinajstić information content (AvgIpc) is 2.17. The summed E-state index contributed by atoms with van der Waals surface area (Å²) in [7, 11) is 0. The molecule has 0 saturated heterocycles. The zero-order chi connectivity index (χ0) is 10.7. The highest BCUT2D eigenvalue weighted by Gasteiger charge is 2.02. The fourth-order valence-electron chi connectivity index (χ4n) is 0.820. The molecule has 15 heavy (non-hydrogen) atoms. The van der Waals surface area contributed by atoms with E-state index in [1.807, 2.05) is 0 Å². The number of hydrogen-bond acceptors (Lipinski definition) is 6. The lowest BCUT2D eigenvalue weighted by Crippen LogP contribution is -2.05. The number of aromatic nitrogens is 5. The van der Waals surface area contributed by atoms with Gasteiger partial charge in [-0.1, -0.05) is 0 Å². The molecule has 0 unspecified atom stereocenters. The van der Waals surface area contributed by atoms with Crippen molar-refractivity contribution in [1.29, 1.82) is 0 Å². The summed E-state index contributed by atoms with van der Waals surface area (Å²) in [5, 5.41) is 8.12. The molecule has 1 N–H and O–H groups in total. The van der Waals surface area contributed by atoms with Gasteiger partial charge in [-0.25, -0.2) is 9.97 Å². The van der Waals surface area contributed by atoms with Crippen molar-refractivity contribution in [3.05, 3.63) is 34.1 Å². The maximum absolute atomic E-state index is 11.0. The third kappa shape index (κ3) is 2.74. The molecule has 2 rings (SSSR count). The van der Waals surface area contributed by atoms with E-state index < -0.39 is 0 Å². The smallest absolute Gasteiger partial charge is 0.251 e. The molecule has 0 fully saturated rings. The summed E-state index contributed by atoms with van der Waals surface area (Å²) in [6.45, 7) is 0. The molecule has 0 atom stereocenters. The molecule has 2 aromatic rings. The first-order valence-electron chi connectivity index (χ1n) is 3.82. The summed E-state index contributed by atoms with van der Waals surface area (Å²) in [5.74, 6) is 0. The zero-order valence-electron chi connectivity index (χ0n) is 7.22. The molecular weight excluding hydrogens is 238 g/mol. The molecule has 0 amide bonds. The molecule has 8 heteroatoms. The summed E-state index contributed by atoms with van der Waals surface area (Å²) in [6.07, 6.45) is 2.85. The van der Waals surface area contributed by atoms with Gasteiger partial charge in [0.15, 0.2) is 5.16 Å². The molecule has 2 heterocycles. The first kappa shape index (κ1) is 10.1. The predicted octanol–water partition coefficient (Wildman–Crippen LogP) is 0.759. The second kappa shape index (κ2) is 4.37. The van der Waals surface area contributed by atoms with Gasteiger partial charge in [-0.15, -0.1) is 5.10 Å². The van der Waals surface area contributed by atoms with E-state index in [1.165, 1.54) is 18.5 Å². The van der Waals surface area contributed by atoms with Gasteiger partial charge in [-0.05, 0) is 23.4 Å². The van der Waals surface area contributed by atoms with Crippen molar-refractivity contribution in [2.24, 2.45) is 0 Å². The van der Waals surface area contributed by atoms with E-state index in [0.29, 0.717) is 10.2 Å². The largest absolute Gasteiger partial charge is 0.301 e. The number of aromatic amines is 1.